The first-order valence-electron chi connectivity index (χ1n) is 4.28. The lowest BCUT2D eigenvalue weighted by atomic mass is 10.5. The lowest BCUT2D eigenvalue weighted by molar-refractivity contribution is 0.119. The predicted octanol–water partition coefficient (Wildman–Crippen LogP) is 3.67. The third-order valence-electron chi connectivity index (χ3n) is 1.32. The van der Waals surface area contributed by atoms with Gasteiger partial charge in [0.1, 0.15) is 0 Å². The zero-order chi connectivity index (χ0) is 11.2. The van der Waals surface area contributed by atoms with Crippen LogP contribution in [0, 0.1) is 0 Å². The van der Waals surface area contributed by atoms with Crippen molar-refractivity contribution in [2.45, 2.75) is 24.2 Å². The molecule has 0 amide bonds. The lowest BCUT2D eigenvalue weighted by Gasteiger charge is -2.18. The van der Waals surface area contributed by atoms with Crippen molar-refractivity contribution >= 4 is 30.2 Å². The van der Waals surface area contributed by atoms with Crippen LogP contribution in [0.3, 0.4) is 0 Å². The Morgan fingerprint density at radius 2 is 1.71 bits per heavy atom. The first kappa shape index (κ1) is 14.7. The highest BCUT2D eigenvalue weighted by molar-refractivity contribution is 14.1. The highest BCUT2D eigenvalue weighted by atomic mass is 127. The minimum absolute atomic E-state index is 0.199. The first-order chi connectivity index (χ1) is 6.33. The van der Waals surface area contributed by atoms with E-state index >= 15 is 0 Å². The van der Waals surface area contributed by atoms with Gasteiger partial charge >= 0.3 is 7.60 Å². The quantitative estimate of drug-likeness (QED) is 0.402. The van der Waals surface area contributed by atoms with E-state index in [1.165, 1.54) is 0 Å². The zero-order valence-corrected chi connectivity index (χ0v) is 11.2. The SMILES string of the molecule is CCOP(=O)(CCC(F)(F)I)OCC. The molecule has 0 aliphatic rings. The van der Waals surface area contributed by atoms with Crippen molar-refractivity contribution in [1.29, 1.82) is 0 Å². The topological polar surface area (TPSA) is 35.5 Å². The van der Waals surface area contributed by atoms with Crippen molar-refractivity contribution in [3.63, 3.8) is 0 Å². The van der Waals surface area contributed by atoms with Gasteiger partial charge in [0.25, 0.3) is 3.93 Å². The molecule has 0 spiro atoms. The fourth-order valence-electron chi connectivity index (χ4n) is 0.823. The molecule has 0 aromatic rings. The van der Waals surface area contributed by atoms with Crippen molar-refractivity contribution in [1.82, 2.24) is 0 Å². The van der Waals surface area contributed by atoms with Crippen molar-refractivity contribution in [3.8, 4) is 0 Å². The third-order valence-corrected chi connectivity index (χ3v) is 3.93. The van der Waals surface area contributed by atoms with Gasteiger partial charge in [0.15, 0.2) is 0 Å². The van der Waals surface area contributed by atoms with E-state index in [1.807, 2.05) is 0 Å². The summed E-state index contributed by atoms with van der Waals surface area (Å²) in [6.45, 7) is 3.69. The van der Waals surface area contributed by atoms with Crippen molar-refractivity contribution in [3.05, 3.63) is 0 Å². The maximum atomic E-state index is 12.5. The zero-order valence-electron chi connectivity index (χ0n) is 8.13. The average Bonchev–Trinajstić information content (AvgIpc) is 2.01. The molecule has 0 N–H and O–H groups in total. The Labute approximate surface area is 96.2 Å². The Morgan fingerprint density at radius 1 is 1.29 bits per heavy atom. The van der Waals surface area contributed by atoms with E-state index in [-0.39, 0.29) is 19.4 Å². The van der Waals surface area contributed by atoms with Crippen LogP contribution < -0.4 is 0 Å². The Morgan fingerprint density at radius 3 is 2.00 bits per heavy atom. The second kappa shape index (κ2) is 6.35. The first-order valence-corrected chi connectivity index (χ1v) is 7.08. The molecule has 0 saturated carbocycles. The molecule has 0 radical (unpaired) electrons. The van der Waals surface area contributed by atoms with Crippen LogP contribution in [0.2, 0.25) is 0 Å². The molecule has 0 aromatic carbocycles. The van der Waals surface area contributed by atoms with Crippen LogP contribution in [0.15, 0.2) is 0 Å². The van der Waals surface area contributed by atoms with Gasteiger partial charge in [-0.1, -0.05) is 0 Å². The van der Waals surface area contributed by atoms with Gasteiger partial charge in [-0.15, -0.1) is 0 Å². The van der Waals surface area contributed by atoms with Crippen LogP contribution in [-0.2, 0) is 13.6 Å². The van der Waals surface area contributed by atoms with Crippen molar-refractivity contribution < 1.29 is 22.4 Å². The summed E-state index contributed by atoms with van der Waals surface area (Å²) in [6, 6.07) is 0. The van der Waals surface area contributed by atoms with Gasteiger partial charge in [-0.2, -0.15) is 8.78 Å². The number of rotatable bonds is 7. The van der Waals surface area contributed by atoms with Crippen LogP contribution in [0.25, 0.3) is 0 Å². The van der Waals surface area contributed by atoms with Crippen LogP contribution >= 0.6 is 30.2 Å². The van der Waals surface area contributed by atoms with E-state index < -0.39 is 17.9 Å². The summed E-state index contributed by atoms with van der Waals surface area (Å²) in [5.74, 6) is 0. The molecule has 0 bridgehead atoms. The van der Waals surface area contributed by atoms with Gasteiger partial charge in [-0.05, 0) is 36.4 Å². The van der Waals surface area contributed by atoms with Crippen LogP contribution in [0.4, 0.5) is 8.78 Å². The summed E-state index contributed by atoms with van der Waals surface area (Å²) >= 11 is 1.01. The number of hydrogen-bond acceptors (Lipinski definition) is 3. The highest BCUT2D eigenvalue weighted by Gasteiger charge is 2.31. The van der Waals surface area contributed by atoms with E-state index in [9.17, 15) is 13.3 Å². The molecule has 0 saturated heterocycles. The highest BCUT2D eigenvalue weighted by Crippen LogP contribution is 2.50. The molecule has 0 aliphatic heterocycles. The second-order valence-corrected chi connectivity index (χ2v) is 6.30. The number of halogens is 3. The summed E-state index contributed by atoms with van der Waals surface area (Å²) in [4.78, 5) is 0. The normalized spacial score (nSPS) is 13.2. The molecule has 14 heavy (non-hydrogen) atoms. The van der Waals surface area contributed by atoms with Crippen LogP contribution in [0.1, 0.15) is 20.3 Å². The van der Waals surface area contributed by atoms with Crippen molar-refractivity contribution in [2.75, 3.05) is 19.4 Å². The number of alkyl halides is 3. The molecule has 0 rings (SSSR count). The van der Waals surface area contributed by atoms with E-state index in [0.29, 0.717) is 0 Å². The maximum absolute atomic E-state index is 12.5. The van der Waals surface area contributed by atoms with Gasteiger partial charge in [-0.3, -0.25) is 4.57 Å². The van der Waals surface area contributed by atoms with Crippen LogP contribution in [0.5, 0.6) is 0 Å². The van der Waals surface area contributed by atoms with E-state index in [1.54, 1.807) is 13.8 Å². The second-order valence-electron chi connectivity index (χ2n) is 2.54. The fraction of sp³-hybridized carbons (Fsp3) is 1.00. The minimum atomic E-state index is -3.30. The van der Waals surface area contributed by atoms with Gasteiger partial charge in [0.05, 0.1) is 19.4 Å². The van der Waals surface area contributed by atoms with Gasteiger partial charge in [0, 0.05) is 6.42 Å². The molecule has 86 valence electrons. The molecule has 3 nitrogen and oxygen atoms in total. The third kappa shape index (κ3) is 7.09. The monoisotopic (exact) mass is 342 g/mol. The van der Waals surface area contributed by atoms with Crippen LogP contribution in [-0.4, -0.2) is 23.3 Å². The Hall–Kier alpha value is 0.740. The van der Waals surface area contributed by atoms with Gasteiger partial charge in [-0.25, -0.2) is 0 Å². The molecule has 0 atom stereocenters. The molecule has 0 heterocycles. The van der Waals surface area contributed by atoms with Gasteiger partial charge < -0.3 is 9.05 Å². The summed E-state index contributed by atoms with van der Waals surface area (Å²) in [6.07, 6.45) is -0.741. The van der Waals surface area contributed by atoms with Crippen molar-refractivity contribution in [2.24, 2.45) is 0 Å². The molecule has 7 heteroatoms. The largest absolute Gasteiger partial charge is 0.330 e. The standard InChI is InChI=1S/C7H14F2IO3P/c1-3-12-14(11,13-4-2)6-5-7(8,9)10/h3-6H2,1-2H3. The Balaban J connectivity index is 4.16. The molecule has 0 unspecified atom stereocenters. The fourth-order valence-corrected chi connectivity index (χ4v) is 3.19. The molecular formula is C7H14F2IO3P. The van der Waals surface area contributed by atoms with E-state index in [0.717, 1.165) is 22.6 Å². The number of hydrogen-bond donors (Lipinski definition) is 0. The Bertz CT molecular complexity index is 198. The van der Waals surface area contributed by atoms with Gasteiger partial charge in [0.2, 0.25) is 0 Å². The molecule has 0 aliphatic carbocycles. The summed E-state index contributed by atoms with van der Waals surface area (Å²) in [5.41, 5.74) is 0. The summed E-state index contributed by atoms with van der Waals surface area (Å²) in [7, 11) is -3.30. The predicted molar refractivity (Wildman–Crippen MR) is 59.3 cm³/mol. The molecule has 0 fully saturated rings. The maximum Gasteiger partial charge on any atom is 0.330 e. The smallest absolute Gasteiger partial charge is 0.309 e. The average molecular weight is 342 g/mol. The Kier molecular flexibility index (Phi) is 6.69. The minimum Gasteiger partial charge on any atom is -0.309 e. The lowest BCUT2D eigenvalue weighted by Crippen LogP contribution is -2.10. The molecular weight excluding hydrogens is 328 g/mol. The molecule has 0 aromatic heterocycles. The summed E-state index contributed by atoms with van der Waals surface area (Å²) < 4.78 is 43.5. The van der Waals surface area contributed by atoms with E-state index in [2.05, 4.69) is 0 Å². The van der Waals surface area contributed by atoms with E-state index in [4.69, 9.17) is 9.05 Å². The summed E-state index contributed by atoms with van der Waals surface area (Å²) in [5, 5.41) is 0.